The van der Waals surface area contributed by atoms with Crippen LogP contribution in [0.2, 0.25) is 0 Å². The minimum absolute atomic E-state index is 0.0884. The molecule has 0 fully saturated rings. The first kappa shape index (κ1) is 67.0. The van der Waals surface area contributed by atoms with E-state index < -0.39 is 0 Å². The average Bonchev–Trinajstić information content (AvgIpc) is 1.97. The van der Waals surface area contributed by atoms with Crippen molar-refractivity contribution in [2.24, 2.45) is 16.2 Å². The van der Waals surface area contributed by atoms with Gasteiger partial charge in [-0.1, -0.05) is 300 Å². The quantitative estimate of drug-likeness (QED) is 0.114. The van der Waals surface area contributed by atoms with Crippen LogP contribution < -0.4 is 20.9 Å². The molecule has 0 bridgehead atoms. The van der Waals surface area contributed by atoms with Crippen LogP contribution in [-0.2, 0) is 32.5 Å². The molecule has 460 valence electrons. The van der Waals surface area contributed by atoms with Crippen molar-refractivity contribution in [1.29, 1.82) is 0 Å². The van der Waals surface area contributed by atoms with Crippen LogP contribution in [0.15, 0.2) is 181 Å². The molecule has 2 unspecified atom stereocenters. The van der Waals surface area contributed by atoms with Gasteiger partial charge >= 0.3 is 0 Å². The largest absolute Gasteiger partial charge is 0.298 e. The molecule has 0 aliphatic carbocycles. The Balaban J connectivity index is 0.000000247. The maximum Gasteiger partial charge on any atom is 0.0958 e. The van der Waals surface area contributed by atoms with Gasteiger partial charge in [0, 0.05) is 0 Å². The van der Waals surface area contributed by atoms with E-state index in [0.29, 0.717) is 5.41 Å². The third kappa shape index (κ3) is 18.3. The SMILES string of the molecule is CC(C)(C)CC(C)(C)c1ccc(C=CC2=CC(c3ccc(C(C)(C)CC(C)(C)C)cc3)N(c3ccc(C(C)(C)C)cc3)N2)cc1.CC(C)(C)CC(C)(C)c1ccc(N2NC(C=Cc3ccc(C(C)(C)C)cc3)=CC2c2ccc(C(C)(C)C)cc2)cc1. The molecule has 0 saturated heterocycles. The van der Waals surface area contributed by atoms with E-state index in [1.54, 1.807) is 0 Å². The van der Waals surface area contributed by atoms with Gasteiger partial charge < -0.3 is 0 Å². The summed E-state index contributed by atoms with van der Waals surface area (Å²) in [5.74, 6) is 0. The van der Waals surface area contributed by atoms with E-state index in [2.05, 4.69) is 369 Å². The molecule has 2 heterocycles. The van der Waals surface area contributed by atoms with Crippen molar-refractivity contribution >= 4 is 23.5 Å². The molecular formula is C82H112N4. The molecule has 0 radical (unpaired) electrons. The van der Waals surface area contributed by atoms with Gasteiger partial charge in [-0.2, -0.15) is 0 Å². The fraction of sp³-hybridized carbons (Fsp3) is 0.463. The molecule has 2 N–H and O–H groups in total. The van der Waals surface area contributed by atoms with Crippen molar-refractivity contribution in [2.45, 2.75) is 230 Å². The number of hydrazine groups is 2. The van der Waals surface area contributed by atoms with Gasteiger partial charge in [-0.3, -0.25) is 20.9 Å². The Morgan fingerprint density at radius 3 is 0.791 bits per heavy atom. The highest BCUT2D eigenvalue weighted by molar-refractivity contribution is 5.61. The summed E-state index contributed by atoms with van der Waals surface area (Å²) >= 11 is 0. The molecule has 2 atom stereocenters. The molecule has 8 rings (SSSR count). The number of nitrogens with one attached hydrogen (secondary N) is 2. The number of nitrogens with zero attached hydrogens (tertiary/aromatic N) is 2. The molecule has 4 nitrogen and oxygen atoms in total. The van der Waals surface area contributed by atoms with Crippen LogP contribution in [0.5, 0.6) is 0 Å². The second-order valence-corrected chi connectivity index (χ2v) is 34.0. The predicted molar refractivity (Wildman–Crippen MR) is 377 cm³/mol. The van der Waals surface area contributed by atoms with Crippen LogP contribution in [0.3, 0.4) is 0 Å². The van der Waals surface area contributed by atoms with Crippen molar-refractivity contribution in [3.8, 4) is 0 Å². The van der Waals surface area contributed by atoms with Crippen LogP contribution in [0.1, 0.15) is 253 Å². The molecule has 2 aliphatic heterocycles. The number of hydrogen-bond acceptors (Lipinski definition) is 4. The number of hydrogen-bond donors (Lipinski definition) is 2. The zero-order chi connectivity index (χ0) is 63.6. The van der Waals surface area contributed by atoms with E-state index in [-0.39, 0.29) is 55.4 Å². The topological polar surface area (TPSA) is 30.5 Å². The van der Waals surface area contributed by atoms with E-state index in [0.717, 1.165) is 36.3 Å². The van der Waals surface area contributed by atoms with Crippen molar-refractivity contribution in [3.63, 3.8) is 0 Å². The first-order chi connectivity index (χ1) is 39.6. The zero-order valence-corrected chi connectivity index (χ0v) is 58.0. The lowest BCUT2D eigenvalue weighted by atomic mass is 9.72. The molecule has 6 aromatic carbocycles. The van der Waals surface area contributed by atoms with Crippen molar-refractivity contribution in [1.82, 2.24) is 10.9 Å². The molecule has 86 heavy (non-hydrogen) atoms. The Morgan fingerprint density at radius 2 is 0.523 bits per heavy atom. The Labute approximate surface area is 524 Å². The molecule has 0 aromatic heterocycles. The normalized spacial score (nSPS) is 16.7. The lowest BCUT2D eigenvalue weighted by Crippen LogP contribution is -2.34. The van der Waals surface area contributed by atoms with Gasteiger partial charge in [0.2, 0.25) is 0 Å². The smallest absolute Gasteiger partial charge is 0.0958 e. The van der Waals surface area contributed by atoms with Crippen LogP contribution >= 0.6 is 0 Å². The fourth-order valence-corrected chi connectivity index (χ4v) is 13.4. The van der Waals surface area contributed by atoms with E-state index >= 15 is 0 Å². The van der Waals surface area contributed by atoms with Crippen LogP contribution in [0.25, 0.3) is 12.2 Å². The monoisotopic (exact) mass is 1150 g/mol. The van der Waals surface area contributed by atoms with E-state index in [9.17, 15) is 0 Å². The third-order valence-electron chi connectivity index (χ3n) is 17.1. The fourth-order valence-electron chi connectivity index (χ4n) is 13.4. The number of rotatable bonds is 14. The summed E-state index contributed by atoms with van der Waals surface area (Å²) in [6.45, 7) is 55.5. The first-order valence-corrected chi connectivity index (χ1v) is 32.1. The molecule has 0 amide bonds. The standard InChI is InChI=1S/C43H60N2.C39H52N2/c1-39(2,3)29-42(10,11)34-19-14-31(15-20-34)16-25-36-28-38(45(44-36)37-26-23-33(24-27-37)41(7,8)9)32-17-21-35(22-18-32)43(12,13)30-40(4,5)6;1-36(2,3)27-39(10,11)32-21-24-34(25-22-32)41-35(29-15-19-31(20-16-29)38(7,8)9)26-33(40-41)23-14-28-12-17-30(18-13-28)37(4,5)6/h14-28,38,44H,29-30H2,1-13H3;12-26,35,40H,27H2,1-11H3. The van der Waals surface area contributed by atoms with Gasteiger partial charge in [0.1, 0.15) is 0 Å². The first-order valence-electron chi connectivity index (χ1n) is 32.1. The maximum atomic E-state index is 3.73. The molecule has 0 spiro atoms. The Morgan fingerprint density at radius 1 is 0.291 bits per heavy atom. The van der Waals surface area contributed by atoms with Gasteiger partial charge in [0.25, 0.3) is 0 Å². The molecule has 0 saturated carbocycles. The summed E-state index contributed by atoms with van der Waals surface area (Å²) in [5.41, 5.74) is 26.8. The molecular weight excluding hydrogens is 1040 g/mol. The van der Waals surface area contributed by atoms with E-state index in [1.165, 1.54) is 61.3 Å². The summed E-state index contributed by atoms with van der Waals surface area (Å²) in [6, 6.07) is 54.9. The van der Waals surface area contributed by atoms with E-state index in [4.69, 9.17) is 0 Å². The molecule has 6 aromatic rings. The van der Waals surface area contributed by atoms with Gasteiger partial charge in [-0.05, 0) is 172 Å². The highest BCUT2D eigenvalue weighted by atomic mass is 15.5. The van der Waals surface area contributed by atoms with E-state index in [1.807, 2.05) is 0 Å². The summed E-state index contributed by atoms with van der Waals surface area (Å²) < 4.78 is 0. The summed E-state index contributed by atoms with van der Waals surface area (Å²) in [6.07, 6.45) is 16.9. The highest BCUT2D eigenvalue weighted by Crippen LogP contribution is 2.42. The Hall–Kier alpha value is -6.52. The summed E-state index contributed by atoms with van der Waals surface area (Å²) in [5, 5.41) is 4.61. The number of benzene rings is 6. The van der Waals surface area contributed by atoms with Gasteiger partial charge in [-0.15, -0.1) is 0 Å². The van der Waals surface area contributed by atoms with Crippen molar-refractivity contribution in [2.75, 3.05) is 10.0 Å². The third-order valence-corrected chi connectivity index (χ3v) is 17.1. The highest BCUT2D eigenvalue weighted by Gasteiger charge is 2.33. The minimum atomic E-state index is 0.0884. The second kappa shape index (κ2) is 25.3. The molecule has 4 heteroatoms. The van der Waals surface area contributed by atoms with Gasteiger partial charge in [0.05, 0.1) is 34.9 Å². The predicted octanol–water partition coefficient (Wildman–Crippen LogP) is 22.7. The summed E-state index contributed by atoms with van der Waals surface area (Å²) in [7, 11) is 0. The lowest BCUT2D eigenvalue weighted by Gasteiger charge is -2.34. The number of anilines is 2. The maximum absolute atomic E-state index is 3.73. The minimum Gasteiger partial charge on any atom is -0.298 e. The summed E-state index contributed by atoms with van der Waals surface area (Å²) in [4.78, 5) is 0. The zero-order valence-electron chi connectivity index (χ0n) is 58.0. The van der Waals surface area contributed by atoms with Gasteiger partial charge in [-0.25, -0.2) is 0 Å². The lowest BCUT2D eigenvalue weighted by molar-refractivity contribution is 0.283. The van der Waals surface area contributed by atoms with Crippen molar-refractivity contribution in [3.05, 3.63) is 237 Å². The Kier molecular flexibility index (Phi) is 19.7. The van der Waals surface area contributed by atoms with Gasteiger partial charge in [0.15, 0.2) is 0 Å². The average molecular weight is 1150 g/mol. The van der Waals surface area contributed by atoms with Crippen LogP contribution in [-0.4, -0.2) is 0 Å². The van der Waals surface area contributed by atoms with Crippen LogP contribution in [0, 0.1) is 16.2 Å². The van der Waals surface area contributed by atoms with Crippen LogP contribution in [0.4, 0.5) is 11.4 Å². The number of allylic oxidation sites excluding steroid dienone is 2. The second-order valence-electron chi connectivity index (χ2n) is 34.0. The molecule has 2 aliphatic rings. The Bertz CT molecular complexity index is 3300. The van der Waals surface area contributed by atoms with Crippen molar-refractivity contribution < 1.29 is 0 Å².